The van der Waals surface area contributed by atoms with Crippen LogP contribution in [0.15, 0.2) is 14.8 Å². The third-order valence-electron chi connectivity index (χ3n) is 1.76. The van der Waals surface area contributed by atoms with Crippen LogP contribution in [0.2, 0.25) is 0 Å². The van der Waals surface area contributed by atoms with Gasteiger partial charge >= 0.3 is 10.2 Å². The van der Waals surface area contributed by atoms with E-state index in [0.717, 1.165) is 5.69 Å². The Morgan fingerprint density at radius 1 is 1.43 bits per heavy atom. The van der Waals surface area contributed by atoms with Gasteiger partial charge in [-0.05, 0) is 6.92 Å². The van der Waals surface area contributed by atoms with Crippen molar-refractivity contribution >= 4 is 50.2 Å². The number of hydrogen-bond acceptors (Lipinski definition) is 7. The molecule has 0 radical (unpaired) electrons. The number of guanidine groups is 1. The third kappa shape index (κ3) is 12.8. The molecule has 10 nitrogen and oxygen atoms in total. The van der Waals surface area contributed by atoms with Crippen molar-refractivity contribution in [1.29, 1.82) is 0 Å². The second-order valence-electron chi connectivity index (χ2n) is 3.87. The largest absolute Gasteiger partial charge is 0.397 e. The Bertz CT molecular complexity index is 623. The van der Waals surface area contributed by atoms with Gasteiger partial charge in [0.1, 0.15) is 5.84 Å². The molecule has 0 aliphatic rings. The van der Waals surface area contributed by atoms with E-state index in [2.05, 4.69) is 14.4 Å². The van der Waals surface area contributed by atoms with Crippen molar-refractivity contribution < 1.29 is 13.5 Å². The number of hydrogen-bond donors (Lipinski definition) is 5. The van der Waals surface area contributed by atoms with Gasteiger partial charge in [0.25, 0.3) is 0 Å². The third-order valence-corrected chi connectivity index (χ3v) is 4.03. The fraction of sp³-hybridized carbons (Fsp3) is 0.500. The van der Waals surface area contributed by atoms with E-state index in [1.807, 2.05) is 5.38 Å². The van der Waals surface area contributed by atoms with Crippen molar-refractivity contribution in [2.75, 3.05) is 12.4 Å². The summed E-state index contributed by atoms with van der Waals surface area (Å²) in [7, 11) is -3.92. The maximum absolute atomic E-state index is 10.6. The molecule has 0 fully saturated rings. The summed E-state index contributed by atoms with van der Waals surface area (Å²) < 4.78 is 24.5. The van der Waals surface area contributed by atoms with E-state index in [0.29, 0.717) is 23.1 Å². The smallest absolute Gasteiger partial charge is 0.318 e. The minimum atomic E-state index is -3.92. The van der Waals surface area contributed by atoms with Crippen LogP contribution in [0.1, 0.15) is 19.0 Å². The highest BCUT2D eigenvalue weighted by Crippen LogP contribution is 2.21. The number of aliphatic imine (C=N–C) groups is 1. The van der Waals surface area contributed by atoms with Gasteiger partial charge in [0, 0.05) is 29.9 Å². The van der Waals surface area contributed by atoms with Crippen LogP contribution in [0.5, 0.6) is 0 Å². The minimum Gasteiger partial charge on any atom is -0.397 e. The van der Waals surface area contributed by atoms with Gasteiger partial charge in [0.2, 0.25) is 5.13 Å². The molecular formula is C10H21N7O3S3. The van der Waals surface area contributed by atoms with E-state index in [1.54, 1.807) is 6.92 Å². The molecule has 0 aromatic carbocycles. The SMILES string of the molecule is CCO.NC(N)=Nc1nc(CSCCC(N)=NS(N)(=O)=O)cs1. The van der Waals surface area contributed by atoms with Crippen LogP contribution >= 0.6 is 23.1 Å². The summed E-state index contributed by atoms with van der Waals surface area (Å²) >= 11 is 2.86. The summed E-state index contributed by atoms with van der Waals surface area (Å²) in [6.07, 6.45) is 0.325. The Morgan fingerprint density at radius 2 is 2.04 bits per heavy atom. The minimum absolute atomic E-state index is 0.0144. The van der Waals surface area contributed by atoms with Crippen LogP contribution < -0.4 is 22.3 Å². The zero-order chi connectivity index (χ0) is 17.9. The predicted octanol–water partition coefficient (Wildman–Crippen LogP) is -0.769. The predicted molar refractivity (Wildman–Crippen MR) is 95.9 cm³/mol. The van der Waals surface area contributed by atoms with Crippen molar-refractivity contribution in [3.63, 3.8) is 0 Å². The van der Waals surface area contributed by atoms with Crippen molar-refractivity contribution in [3.05, 3.63) is 11.1 Å². The van der Waals surface area contributed by atoms with Crippen LogP contribution in [0.4, 0.5) is 5.13 Å². The lowest BCUT2D eigenvalue weighted by molar-refractivity contribution is 0.318. The Morgan fingerprint density at radius 3 is 2.57 bits per heavy atom. The zero-order valence-corrected chi connectivity index (χ0v) is 15.0. The van der Waals surface area contributed by atoms with Gasteiger partial charge in [-0.3, -0.25) is 0 Å². The zero-order valence-electron chi connectivity index (χ0n) is 12.5. The van der Waals surface area contributed by atoms with Gasteiger partial charge in [-0.15, -0.1) is 15.7 Å². The number of aliphatic hydroxyl groups is 1. The van der Waals surface area contributed by atoms with E-state index < -0.39 is 10.2 Å². The molecule has 0 spiro atoms. The lowest BCUT2D eigenvalue weighted by Crippen LogP contribution is -2.21. The summed E-state index contributed by atoms with van der Waals surface area (Å²) in [6.45, 7) is 1.93. The van der Waals surface area contributed by atoms with E-state index in [1.165, 1.54) is 23.1 Å². The summed E-state index contributed by atoms with van der Waals surface area (Å²) in [4.78, 5) is 8.03. The molecule has 1 aromatic rings. The summed E-state index contributed by atoms with van der Waals surface area (Å²) in [6, 6.07) is 0. The number of thiazole rings is 1. The monoisotopic (exact) mass is 383 g/mol. The molecule has 0 aliphatic heterocycles. The lowest BCUT2D eigenvalue weighted by Gasteiger charge is -1.99. The van der Waals surface area contributed by atoms with Crippen molar-refractivity contribution in [3.8, 4) is 0 Å². The summed E-state index contributed by atoms with van der Waals surface area (Å²) in [5.41, 5.74) is 16.7. The van der Waals surface area contributed by atoms with E-state index in [9.17, 15) is 8.42 Å². The molecule has 0 saturated heterocycles. The molecule has 0 amide bonds. The maximum atomic E-state index is 10.6. The average Bonchev–Trinajstić information content (AvgIpc) is 2.80. The lowest BCUT2D eigenvalue weighted by atomic mass is 10.5. The van der Waals surface area contributed by atoms with Crippen LogP contribution in [-0.2, 0) is 16.0 Å². The molecule has 0 bridgehead atoms. The van der Waals surface area contributed by atoms with Crippen LogP contribution in [-0.4, -0.2) is 42.7 Å². The topological polar surface area (TPSA) is 196 Å². The highest BCUT2D eigenvalue weighted by atomic mass is 32.2. The van der Waals surface area contributed by atoms with E-state index in [-0.39, 0.29) is 18.4 Å². The first-order valence-electron chi connectivity index (χ1n) is 6.27. The second kappa shape index (κ2) is 11.2. The van der Waals surface area contributed by atoms with Crippen molar-refractivity contribution in [2.45, 2.75) is 19.1 Å². The molecular weight excluding hydrogens is 362 g/mol. The number of thioether (sulfide) groups is 1. The first-order valence-corrected chi connectivity index (χ1v) is 9.81. The Balaban J connectivity index is 0.00000149. The van der Waals surface area contributed by atoms with Crippen molar-refractivity contribution in [2.24, 2.45) is 31.7 Å². The fourth-order valence-corrected chi connectivity index (χ4v) is 3.17. The Labute approximate surface area is 143 Å². The highest BCUT2D eigenvalue weighted by molar-refractivity contribution is 7.98. The molecule has 1 rings (SSSR count). The Hall–Kier alpha value is -1.41. The number of aliphatic hydroxyl groups excluding tert-OH is 1. The van der Waals surface area contributed by atoms with Crippen LogP contribution in [0, 0.1) is 0 Å². The number of amidine groups is 1. The quantitative estimate of drug-likeness (QED) is 0.230. The first kappa shape index (κ1) is 21.6. The van der Waals surface area contributed by atoms with Gasteiger partial charge in [-0.1, -0.05) is 0 Å². The van der Waals surface area contributed by atoms with Gasteiger partial charge in [-0.2, -0.15) is 25.2 Å². The number of rotatable bonds is 7. The number of aromatic nitrogens is 1. The molecule has 9 N–H and O–H groups in total. The molecule has 0 aliphatic carbocycles. The Kier molecular flexibility index (Phi) is 10.5. The van der Waals surface area contributed by atoms with Gasteiger partial charge in [-0.25, -0.2) is 10.1 Å². The molecule has 0 saturated carbocycles. The average molecular weight is 384 g/mol. The fourth-order valence-electron chi connectivity index (χ4n) is 1.09. The van der Waals surface area contributed by atoms with E-state index in [4.69, 9.17) is 27.4 Å². The number of nitrogens with zero attached hydrogens (tertiary/aromatic N) is 3. The van der Waals surface area contributed by atoms with Crippen molar-refractivity contribution in [1.82, 2.24) is 4.98 Å². The van der Waals surface area contributed by atoms with E-state index >= 15 is 0 Å². The first-order chi connectivity index (χ1) is 10.7. The molecule has 1 aromatic heterocycles. The second-order valence-corrected chi connectivity index (χ2v) is 7.03. The summed E-state index contributed by atoms with van der Waals surface area (Å²) in [5.74, 6) is 1.18. The standard InChI is InChI=1S/C8H15N7O2S3.C2H6O/c9-6(15-20(12,16)17)1-2-18-3-5-4-19-8(13-5)14-7(10)11;1-2-3/h4H,1-3H2,(H2,9,15)(H2,12,16,17)(H4,10,11,13,14);3H,2H2,1H3. The molecule has 132 valence electrons. The van der Waals surface area contributed by atoms with Gasteiger partial charge < -0.3 is 22.3 Å². The molecule has 1 heterocycles. The molecule has 0 atom stereocenters. The van der Waals surface area contributed by atoms with Gasteiger partial charge in [0.15, 0.2) is 5.96 Å². The normalized spacial score (nSPS) is 11.5. The molecule has 13 heteroatoms. The highest BCUT2D eigenvalue weighted by Gasteiger charge is 2.04. The summed E-state index contributed by atoms with van der Waals surface area (Å²) in [5, 5.41) is 14.6. The van der Waals surface area contributed by atoms with Crippen LogP contribution in [0.25, 0.3) is 0 Å². The van der Waals surface area contributed by atoms with Crippen LogP contribution in [0.3, 0.4) is 0 Å². The molecule has 0 unspecified atom stereocenters. The number of nitrogens with two attached hydrogens (primary N) is 4. The maximum Gasteiger partial charge on any atom is 0.318 e. The molecule has 23 heavy (non-hydrogen) atoms. The van der Waals surface area contributed by atoms with Gasteiger partial charge in [0.05, 0.1) is 5.69 Å².